The van der Waals surface area contributed by atoms with Crippen molar-refractivity contribution >= 4 is 27.5 Å². The monoisotopic (exact) mass is 538 g/mol. The molecule has 1 unspecified atom stereocenters. The molecular formula is C26H21BrF2N4O2. The average Bonchev–Trinajstić information content (AvgIpc) is 3.43. The maximum atomic E-state index is 14.7. The van der Waals surface area contributed by atoms with Gasteiger partial charge < -0.3 is 15.4 Å². The molecule has 0 bridgehead atoms. The molecule has 1 aliphatic heterocycles. The lowest BCUT2D eigenvalue weighted by atomic mass is 10.0. The number of hydrogen-bond acceptors (Lipinski definition) is 4. The number of nitrogen functional groups attached to an aromatic ring is 1. The fourth-order valence-corrected chi connectivity index (χ4v) is 4.51. The van der Waals surface area contributed by atoms with Crippen molar-refractivity contribution in [3.8, 4) is 16.8 Å². The van der Waals surface area contributed by atoms with Gasteiger partial charge in [-0.05, 0) is 61.0 Å². The first-order valence-electron chi connectivity index (χ1n) is 10.9. The highest BCUT2D eigenvalue weighted by molar-refractivity contribution is 9.10. The average molecular weight is 539 g/mol. The standard InChI is InChI=1S/C26H21BrF2N4O2/c1-15(21-11-8-19(30)12-23(21)29)33-24(34)14-35-26(33)25-22(16-2-6-18(28)7-3-16)13-32(31-25)20-9-4-17(27)5-10-20/h2-13,15,26H,14,30H2,1H3/t15?,26-/m1/s1. The number of nitrogens with two attached hydrogens (primary N) is 1. The molecule has 0 aliphatic carbocycles. The molecule has 2 N–H and O–H groups in total. The highest BCUT2D eigenvalue weighted by atomic mass is 79.9. The summed E-state index contributed by atoms with van der Waals surface area (Å²) in [5.41, 5.74) is 8.95. The molecule has 1 aromatic heterocycles. The number of amides is 1. The smallest absolute Gasteiger partial charge is 0.251 e. The molecule has 178 valence electrons. The molecule has 2 heterocycles. The topological polar surface area (TPSA) is 73.4 Å². The number of ether oxygens (including phenoxy) is 1. The van der Waals surface area contributed by atoms with Gasteiger partial charge >= 0.3 is 0 Å². The third-order valence-electron chi connectivity index (χ3n) is 6.02. The van der Waals surface area contributed by atoms with Crippen LogP contribution in [0.4, 0.5) is 14.5 Å². The molecule has 6 nitrogen and oxygen atoms in total. The first-order chi connectivity index (χ1) is 16.8. The van der Waals surface area contributed by atoms with E-state index >= 15 is 0 Å². The minimum atomic E-state index is -0.869. The largest absolute Gasteiger partial charge is 0.399 e. The van der Waals surface area contributed by atoms with Crippen LogP contribution < -0.4 is 5.73 Å². The molecule has 1 aliphatic rings. The van der Waals surface area contributed by atoms with Crippen LogP contribution in [-0.4, -0.2) is 27.2 Å². The van der Waals surface area contributed by atoms with Gasteiger partial charge in [0.15, 0.2) is 6.23 Å². The molecule has 35 heavy (non-hydrogen) atoms. The van der Waals surface area contributed by atoms with Gasteiger partial charge in [-0.3, -0.25) is 4.79 Å². The molecule has 3 aromatic carbocycles. The number of aromatic nitrogens is 2. The minimum absolute atomic E-state index is 0.167. The summed E-state index contributed by atoms with van der Waals surface area (Å²) in [6.45, 7) is 1.57. The van der Waals surface area contributed by atoms with E-state index in [1.54, 1.807) is 35.9 Å². The Kier molecular flexibility index (Phi) is 6.12. The van der Waals surface area contributed by atoms with E-state index in [4.69, 9.17) is 15.6 Å². The van der Waals surface area contributed by atoms with Gasteiger partial charge in [0.1, 0.15) is 23.9 Å². The molecule has 4 aromatic rings. The maximum absolute atomic E-state index is 14.7. The Labute approximate surface area is 209 Å². The number of halogens is 3. The second-order valence-electron chi connectivity index (χ2n) is 8.28. The Morgan fingerprint density at radius 1 is 1.09 bits per heavy atom. The van der Waals surface area contributed by atoms with Gasteiger partial charge in [0, 0.05) is 27.5 Å². The van der Waals surface area contributed by atoms with Crippen LogP contribution in [0.5, 0.6) is 0 Å². The van der Waals surface area contributed by atoms with Crippen molar-refractivity contribution < 1.29 is 18.3 Å². The summed E-state index contributed by atoms with van der Waals surface area (Å²) in [6, 6.07) is 17.3. The van der Waals surface area contributed by atoms with Crippen molar-refractivity contribution in [3.63, 3.8) is 0 Å². The third kappa shape index (κ3) is 4.44. The molecule has 0 spiro atoms. The van der Waals surface area contributed by atoms with Crippen molar-refractivity contribution in [2.24, 2.45) is 0 Å². The quantitative estimate of drug-likeness (QED) is 0.327. The summed E-state index contributed by atoms with van der Waals surface area (Å²) >= 11 is 3.43. The van der Waals surface area contributed by atoms with E-state index in [1.807, 2.05) is 30.5 Å². The van der Waals surface area contributed by atoms with E-state index in [0.717, 1.165) is 10.2 Å². The van der Waals surface area contributed by atoms with Crippen molar-refractivity contribution in [1.82, 2.24) is 14.7 Å². The summed E-state index contributed by atoms with van der Waals surface area (Å²) in [7, 11) is 0. The van der Waals surface area contributed by atoms with Crippen molar-refractivity contribution in [2.75, 3.05) is 12.3 Å². The predicted octanol–water partition coefficient (Wildman–Crippen LogP) is 5.78. The van der Waals surface area contributed by atoms with E-state index in [9.17, 15) is 13.6 Å². The molecule has 1 saturated heterocycles. The number of carbonyl (C=O) groups excluding carboxylic acids is 1. The molecule has 0 radical (unpaired) electrons. The van der Waals surface area contributed by atoms with E-state index in [0.29, 0.717) is 28.1 Å². The van der Waals surface area contributed by atoms with Gasteiger partial charge in [-0.25, -0.2) is 13.5 Å². The van der Waals surface area contributed by atoms with Crippen molar-refractivity contribution in [1.29, 1.82) is 0 Å². The second kappa shape index (κ2) is 9.24. The first-order valence-corrected chi connectivity index (χ1v) is 11.7. The molecule has 1 amide bonds. The van der Waals surface area contributed by atoms with Crippen LogP contribution in [0.1, 0.15) is 30.5 Å². The number of anilines is 1. The van der Waals surface area contributed by atoms with Gasteiger partial charge in [0.25, 0.3) is 5.91 Å². The Bertz CT molecular complexity index is 1390. The number of nitrogens with zero attached hydrogens (tertiary/aromatic N) is 3. The summed E-state index contributed by atoms with van der Waals surface area (Å²) in [5.74, 6) is -1.16. The lowest BCUT2D eigenvalue weighted by Gasteiger charge is -2.29. The molecule has 9 heteroatoms. The number of benzene rings is 3. The lowest BCUT2D eigenvalue weighted by Crippen LogP contribution is -2.32. The maximum Gasteiger partial charge on any atom is 0.251 e. The minimum Gasteiger partial charge on any atom is -0.399 e. The zero-order valence-electron chi connectivity index (χ0n) is 18.7. The molecule has 1 fully saturated rings. The first kappa shape index (κ1) is 23.2. The zero-order valence-corrected chi connectivity index (χ0v) is 20.2. The Morgan fingerprint density at radius 2 is 1.80 bits per heavy atom. The van der Waals surface area contributed by atoms with Gasteiger partial charge in [0.05, 0.1) is 11.7 Å². The molecule has 0 saturated carbocycles. The van der Waals surface area contributed by atoms with Crippen LogP contribution in [0.25, 0.3) is 16.8 Å². The number of hydrogen-bond donors (Lipinski definition) is 1. The number of rotatable bonds is 5. The molecule has 2 atom stereocenters. The van der Waals surface area contributed by atoms with Crippen LogP contribution in [0.15, 0.2) is 77.4 Å². The van der Waals surface area contributed by atoms with Gasteiger partial charge in [-0.2, -0.15) is 5.10 Å². The van der Waals surface area contributed by atoms with Crippen LogP contribution in [-0.2, 0) is 9.53 Å². The van der Waals surface area contributed by atoms with Gasteiger partial charge in [-0.15, -0.1) is 0 Å². The van der Waals surface area contributed by atoms with E-state index in [-0.39, 0.29) is 18.3 Å². The van der Waals surface area contributed by atoms with E-state index in [2.05, 4.69) is 15.9 Å². The highest BCUT2D eigenvalue weighted by Crippen LogP contribution is 2.40. The van der Waals surface area contributed by atoms with E-state index in [1.165, 1.54) is 23.1 Å². The SMILES string of the molecule is CC(c1ccc(N)cc1F)N1C(=O)CO[C@@H]1c1nn(-c2ccc(Br)cc2)cc1-c1ccc(F)cc1. The van der Waals surface area contributed by atoms with E-state index < -0.39 is 18.1 Å². The summed E-state index contributed by atoms with van der Waals surface area (Å²) in [6.07, 6.45) is 0.941. The Morgan fingerprint density at radius 3 is 2.49 bits per heavy atom. The van der Waals surface area contributed by atoms with Crippen LogP contribution in [0.2, 0.25) is 0 Å². The summed E-state index contributed by atoms with van der Waals surface area (Å²) in [5, 5.41) is 4.76. The zero-order chi connectivity index (χ0) is 24.7. The molecular weight excluding hydrogens is 518 g/mol. The van der Waals surface area contributed by atoms with Gasteiger partial charge in [-0.1, -0.05) is 34.1 Å². The fourth-order valence-electron chi connectivity index (χ4n) is 4.25. The van der Waals surface area contributed by atoms with Crippen LogP contribution in [0.3, 0.4) is 0 Å². The summed E-state index contributed by atoms with van der Waals surface area (Å²) in [4.78, 5) is 14.4. The normalized spacial score (nSPS) is 16.6. The van der Waals surface area contributed by atoms with Crippen molar-refractivity contribution in [2.45, 2.75) is 19.2 Å². The Balaban J connectivity index is 1.61. The lowest BCUT2D eigenvalue weighted by molar-refractivity contribution is -0.130. The third-order valence-corrected chi connectivity index (χ3v) is 6.55. The van der Waals surface area contributed by atoms with Crippen LogP contribution >= 0.6 is 15.9 Å². The van der Waals surface area contributed by atoms with Crippen LogP contribution in [0, 0.1) is 11.6 Å². The Hall–Kier alpha value is -3.56. The van der Waals surface area contributed by atoms with Crippen molar-refractivity contribution in [3.05, 3.63) is 100 Å². The van der Waals surface area contributed by atoms with Gasteiger partial charge in [0.2, 0.25) is 0 Å². The second-order valence-corrected chi connectivity index (χ2v) is 9.19. The number of carbonyl (C=O) groups is 1. The summed E-state index contributed by atoms with van der Waals surface area (Å²) < 4.78 is 36.9. The highest BCUT2D eigenvalue weighted by Gasteiger charge is 2.40. The predicted molar refractivity (Wildman–Crippen MR) is 131 cm³/mol. The fraction of sp³-hybridized carbons (Fsp3) is 0.154. The molecule has 5 rings (SSSR count).